The van der Waals surface area contributed by atoms with Gasteiger partial charge in [0.2, 0.25) is 5.82 Å². The lowest BCUT2D eigenvalue weighted by Crippen LogP contribution is -2.49. The summed E-state index contributed by atoms with van der Waals surface area (Å²) < 4.78 is 1.51. The van der Waals surface area contributed by atoms with Crippen LogP contribution in [0.3, 0.4) is 0 Å². The first-order chi connectivity index (χ1) is 11.2. The molecule has 3 aromatic rings. The van der Waals surface area contributed by atoms with Gasteiger partial charge in [0.1, 0.15) is 11.8 Å². The molecular weight excluding hydrogens is 294 g/mol. The van der Waals surface area contributed by atoms with Gasteiger partial charge in [0, 0.05) is 33.2 Å². The van der Waals surface area contributed by atoms with Crippen LogP contribution >= 0.6 is 0 Å². The zero-order valence-electron chi connectivity index (χ0n) is 12.8. The van der Waals surface area contributed by atoms with E-state index >= 15 is 0 Å². The molecule has 0 saturated carbocycles. The highest BCUT2D eigenvalue weighted by molar-refractivity contribution is 5.91. The highest BCUT2D eigenvalue weighted by Gasteiger charge is 2.25. The smallest absolute Gasteiger partial charge is 0.291 e. The molecular formula is C15H17N7O. The fourth-order valence-electron chi connectivity index (χ4n) is 2.99. The number of aromatic nitrogens is 5. The Bertz CT molecular complexity index is 844. The number of aromatic amines is 1. The summed E-state index contributed by atoms with van der Waals surface area (Å²) in [4.78, 5) is 28.1. The molecule has 8 heteroatoms. The van der Waals surface area contributed by atoms with E-state index in [1.165, 1.54) is 11.0 Å². The van der Waals surface area contributed by atoms with Crippen molar-refractivity contribution >= 4 is 22.6 Å². The van der Waals surface area contributed by atoms with Crippen molar-refractivity contribution in [2.75, 3.05) is 31.1 Å². The summed E-state index contributed by atoms with van der Waals surface area (Å²) in [5, 5.41) is 3.96. The fourth-order valence-corrected chi connectivity index (χ4v) is 2.99. The molecule has 1 aliphatic heterocycles. The summed E-state index contributed by atoms with van der Waals surface area (Å²) in [5.74, 6) is 0.315. The van der Waals surface area contributed by atoms with Crippen LogP contribution in [0.2, 0.25) is 0 Å². The Morgan fingerprint density at radius 3 is 2.74 bits per heavy atom. The van der Waals surface area contributed by atoms with Crippen LogP contribution in [0.15, 0.2) is 30.9 Å². The molecule has 0 radical (unpaired) electrons. The van der Waals surface area contributed by atoms with Gasteiger partial charge in [0.05, 0.1) is 17.5 Å². The molecule has 0 spiro atoms. The van der Waals surface area contributed by atoms with E-state index in [1.807, 2.05) is 17.0 Å². The van der Waals surface area contributed by atoms with Gasteiger partial charge in [-0.15, -0.1) is 0 Å². The number of carbonyl (C=O) groups is 1. The summed E-state index contributed by atoms with van der Waals surface area (Å²) in [6.07, 6.45) is 3.11. The normalized spacial score (nSPS) is 15.3. The van der Waals surface area contributed by atoms with Crippen molar-refractivity contribution in [2.24, 2.45) is 7.05 Å². The van der Waals surface area contributed by atoms with Crippen LogP contribution < -0.4 is 4.90 Å². The molecule has 3 heterocycles. The van der Waals surface area contributed by atoms with Crippen molar-refractivity contribution in [1.29, 1.82) is 0 Å². The van der Waals surface area contributed by atoms with E-state index in [-0.39, 0.29) is 5.91 Å². The van der Waals surface area contributed by atoms with Crippen LogP contribution in [0.1, 0.15) is 10.6 Å². The second kappa shape index (κ2) is 5.38. The van der Waals surface area contributed by atoms with Crippen LogP contribution in [0, 0.1) is 0 Å². The van der Waals surface area contributed by atoms with Gasteiger partial charge in [0.15, 0.2) is 0 Å². The van der Waals surface area contributed by atoms with E-state index in [0.29, 0.717) is 18.9 Å². The lowest BCUT2D eigenvalue weighted by molar-refractivity contribution is 0.0729. The second-order valence-corrected chi connectivity index (χ2v) is 5.56. The predicted molar refractivity (Wildman–Crippen MR) is 85.2 cm³/mol. The number of hydrogen-bond donors (Lipinski definition) is 1. The quantitative estimate of drug-likeness (QED) is 0.751. The minimum Gasteiger partial charge on any atom is -0.366 e. The lowest BCUT2D eigenvalue weighted by atomic mass is 10.2. The van der Waals surface area contributed by atoms with Crippen molar-refractivity contribution in [2.45, 2.75) is 0 Å². The third-order valence-corrected chi connectivity index (χ3v) is 4.24. The molecule has 1 amide bonds. The minimum atomic E-state index is -0.0670. The van der Waals surface area contributed by atoms with Gasteiger partial charge < -0.3 is 14.8 Å². The van der Waals surface area contributed by atoms with Gasteiger partial charge in [-0.3, -0.25) is 4.79 Å². The second-order valence-electron chi connectivity index (χ2n) is 5.56. The molecule has 1 fully saturated rings. The maximum atomic E-state index is 12.5. The number of H-pyrrole nitrogens is 1. The molecule has 0 unspecified atom stereocenters. The number of fused-ring (bicyclic) bond motifs is 1. The van der Waals surface area contributed by atoms with Crippen LogP contribution in [0.25, 0.3) is 11.0 Å². The number of hydrogen-bond acceptors (Lipinski definition) is 5. The largest absolute Gasteiger partial charge is 0.366 e. The summed E-state index contributed by atoms with van der Waals surface area (Å²) in [6, 6.07) is 6.11. The molecule has 1 saturated heterocycles. The number of nitrogens with zero attached hydrogens (tertiary/aromatic N) is 6. The molecule has 0 aliphatic carbocycles. The maximum absolute atomic E-state index is 12.5. The Balaban J connectivity index is 1.50. The zero-order valence-corrected chi connectivity index (χ0v) is 12.8. The Morgan fingerprint density at radius 1 is 1.17 bits per heavy atom. The molecule has 0 atom stereocenters. The number of benzene rings is 1. The van der Waals surface area contributed by atoms with Crippen LogP contribution in [0.4, 0.5) is 5.69 Å². The summed E-state index contributed by atoms with van der Waals surface area (Å²) in [5.41, 5.74) is 3.11. The maximum Gasteiger partial charge on any atom is 0.291 e. The number of nitrogens with one attached hydrogen (secondary N) is 1. The van der Waals surface area contributed by atoms with Crippen molar-refractivity contribution in [3.05, 3.63) is 36.7 Å². The van der Waals surface area contributed by atoms with E-state index in [9.17, 15) is 4.79 Å². The molecule has 1 aliphatic rings. The zero-order chi connectivity index (χ0) is 15.8. The van der Waals surface area contributed by atoms with Crippen molar-refractivity contribution in [1.82, 2.24) is 29.6 Å². The van der Waals surface area contributed by atoms with Crippen molar-refractivity contribution < 1.29 is 4.79 Å². The van der Waals surface area contributed by atoms with Crippen LogP contribution in [0.5, 0.6) is 0 Å². The highest BCUT2D eigenvalue weighted by Crippen LogP contribution is 2.25. The number of amides is 1. The number of rotatable bonds is 2. The number of imidazole rings is 1. The number of anilines is 1. The molecule has 1 N–H and O–H groups in total. The summed E-state index contributed by atoms with van der Waals surface area (Å²) >= 11 is 0. The van der Waals surface area contributed by atoms with Crippen molar-refractivity contribution in [3.63, 3.8) is 0 Å². The molecule has 118 valence electrons. The summed E-state index contributed by atoms with van der Waals surface area (Å²) in [7, 11) is 1.73. The Morgan fingerprint density at radius 2 is 2.00 bits per heavy atom. The van der Waals surface area contributed by atoms with E-state index in [1.54, 1.807) is 13.4 Å². The molecule has 23 heavy (non-hydrogen) atoms. The van der Waals surface area contributed by atoms with Crippen molar-refractivity contribution in [3.8, 4) is 0 Å². The predicted octanol–water partition coefficient (Wildman–Crippen LogP) is 0.654. The minimum absolute atomic E-state index is 0.0670. The third kappa shape index (κ3) is 2.32. The lowest BCUT2D eigenvalue weighted by Gasteiger charge is -2.35. The average Bonchev–Trinajstić information content (AvgIpc) is 3.22. The number of para-hydroxylation sites is 1. The Labute approximate surface area is 132 Å². The van der Waals surface area contributed by atoms with E-state index in [4.69, 9.17) is 0 Å². The van der Waals surface area contributed by atoms with E-state index < -0.39 is 0 Å². The molecule has 8 nitrogen and oxygen atoms in total. The standard InChI is InChI=1S/C15H17N7O/c1-20-14(18-10-19-20)15(23)22-7-5-21(6-8-22)12-4-2-3-11-13(12)17-9-16-11/h2-4,9-10H,5-8H2,1H3,(H,16,17). The average molecular weight is 311 g/mol. The fraction of sp³-hybridized carbons (Fsp3) is 0.333. The highest BCUT2D eigenvalue weighted by atomic mass is 16.2. The van der Waals surface area contributed by atoms with Gasteiger partial charge in [-0.1, -0.05) is 6.07 Å². The first-order valence-corrected chi connectivity index (χ1v) is 7.54. The number of carbonyl (C=O) groups excluding carboxylic acids is 1. The molecule has 2 aromatic heterocycles. The van der Waals surface area contributed by atoms with Gasteiger partial charge in [-0.05, 0) is 12.1 Å². The Kier molecular flexibility index (Phi) is 3.22. The van der Waals surface area contributed by atoms with Crippen LogP contribution in [-0.4, -0.2) is 61.7 Å². The SMILES string of the molecule is Cn1ncnc1C(=O)N1CCN(c2cccc3[nH]cnc23)CC1. The molecule has 0 bridgehead atoms. The topological polar surface area (TPSA) is 82.9 Å². The van der Waals surface area contributed by atoms with E-state index in [2.05, 4.69) is 31.0 Å². The first kappa shape index (κ1) is 13.7. The van der Waals surface area contributed by atoms with Gasteiger partial charge in [-0.2, -0.15) is 5.10 Å². The van der Waals surface area contributed by atoms with Gasteiger partial charge in [-0.25, -0.2) is 14.6 Å². The summed E-state index contributed by atoms with van der Waals surface area (Å²) in [6.45, 7) is 2.87. The van der Waals surface area contributed by atoms with Crippen LogP contribution in [-0.2, 0) is 7.05 Å². The van der Waals surface area contributed by atoms with E-state index in [0.717, 1.165) is 29.8 Å². The number of piperazine rings is 1. The first-order valence-electron chi connectivity index (χ1n) is 7.54. The molecule has 4 rings (SSSR count). The third-order valence-electron chi connectivity index (χ3n) is 4.24. The monoisotopic (exact) mass is 311 g/mol. The molecule has 1 aromatic carbocycles. The van der Waals surface area contributed by atoms with Gasteiger partial charge >= 0.3 is 0 Å². The van der Waals surface area contributed by atoms with Gasteiger partial charge in [0.25, 0.3) is 5.91 Å². The number of aryl methyl sites for hydroxylation is 1. The Hall–Kier alpha value is -2.90.